The maximum Gasteiger partial charge on any atom is 0.306 e. The molecule has 408 valence electrons. The summed E-state index contributed by atoms with van der Waals surface area (Å²) >= 11 is 0. The summed E-state index contributed by atoms with van der Waals surface area (Å²) in [6.45, 7) is 6.35. The van der Waals surface area contributed by atoms with Gasteiger partial charge in [0, 0.05) is 19.3 Å². The van der Waals surface area contributed by atoms with Crippen LogP contribution < -0.4 is 0 Å². The van der Waals surface area contributed by atoms with E-state index in [1.807, 2.05) is 0 Å². The van der Waals surface area contributed by atoms with Crippen molar-refractivity contribution in [1.82, 2.24) is 0 Å². The van der Waals surface area contributed by atoms with Crippen molar-refractivity contribution in [3.63, 3.8) is 0 Å². The smallest absolute Gasteiger partial charge is 0.306 e. The van der Waals surface area contributed by atoms with Crippen molar-refractivity contribution in [2.75, 3.05) is 13.2 Å². The zero-order chi connectivity index (χ0) is 52.9. The van der Waals surface area contributed by atoms with Gasteiger partial charge in [0.05, 0.1) is 0 Å². The molecule has 0 aromatic rings. The van der Waals surface area contributed by atoms with E-state index < -0.39 is 6.10 Å². The zero-order valence-electron chi connectivity index (χ0n) is 46.6. The Balaban J connectivity index is 4.63. The summed E-state index contributed by atoms with van der Waals surface area (Å²) in [5.74, 6) is -1.06. The maximum absolute atomic E-state index is 12.9. The number of carbonyl (C=O) groups is 3. The number of esters is 3. The fourth-order valence-corrected chi connectivity index (χ4v) is 7.15. The van der Waals surface area contributed by atoms with Gasteiger partial charge in [-0.2, -0.15) is 0 Å². The number of ether oxygens (including phenoxy) is 3. The van der Waals surface area contributed by atoms with Gasteiger partial charge in [-0.1, -0.05) is 217 Å². The van der Waals surface area contributed by atoms with Gasteiger partial charge < -0.3 is 14.2 Å². The fraction of sp³-hybridized carbons (Fsp3) is 0.567. The number of rotatable bonds is 50. The van der Waals surface area contributed by atoms with E-state index in [9.17, 15) is 14.4 Å². The number of unbranched alkanes of at least 4 members (excludes halogenated alkanes) is 13. The molecule has 0 aliphatic carbocycles. The summed E-state index contributed by atoms with van der Waals surface area (Å²) in [5, 5.41) is 0. The highest BCUT2D eigenvalue weighted by atomic mass is 16.6. The first-order chi connectivity index (χ1) is 36.0. The standard InChI is InChI=1S/C67H104O6/c1-4-7-10-13-16-19-22-25-28-31-33-36-39-42-45-48-51-54-57-60-66(69)72-63-64(62-71-65(68)59-56-53-50-47-44-41-38-35-30-27-24-21-18-15-12-9-6-3)73-67(70)61-58-55-52-49-46-43-40-37-34-32-29-26-23-20-17-14-11-8-5-2/h9,12,16-21,25-30,33-34,36-38,41-43,45-47,50,64H,4-8,10-11,13-15,22-24,31-32,35,39-40,44,48-49,51-63H2,1-3H3/b12-9-,19-16-,20-17-,21-18-,28-25-,29-26-,30-27-,36-33-,37-34-,41-38-,45-42-,46-43-,50-47-/t64-/m1/s1. The van der Waals surface area contributed by atoms with Gasteiger partial charge in [-0.05, 0) is 148 Å². The lowest BCUT2D eigenvalue weighted by Gasteiger charge is -2.18. The molecule has 0 saturated heterocycles. The van der Waals surface area contributed by atoms with Gasteiger partial charge in [0.1, 0.15) is 13.2 Å². The van der Waals surface area contributed by atoms with Crippen LogP contribution in [0.4, 0.5) is 0 Å². The highest BCUT2D eigenvalue weighted by Crippen LogP contribution is 2.11. The second-order valence-corrected chi connectivity index (χ2v) is 18.5. The molecule has 0 N–H and O–H groups in total. The zero-order valence-corrected chi connectivity index (χ0v) is 46.6. The first-order valence-corrected chi connectivity index (χ1v) is 29.0. The van der Waals surface area contributed by atoms with Crippen molar-refractivity contribution >= 4 is 17.9 Å². The van der Waals surface area contributed by atoms with Gasteiger partial charge in [0.2, 0.25) is 0 Å². The molecule has 0 heterocycles. The summed E-state index contributed by atoms with van der Waals surface area (Å²) < 4.78 is 16.8. The first-order valence-electron chi connectivity index (χ1n) is 29.0. The molecule has 0 aromatic heterocycles. The minimum absolute atomic E-state index is 0.133. The minimum Gasteiger partial charge on any atom is -0.462 e. The normalized spacial score (nSPS) is 13.3. The second-order valence-electron chi connectivity index (χ2n) is 18.5. The quantitative estimate of drug-likeness (QED) is 0.0261. The van der Waals surface area contributed by atoms with E-state index >= 15 is 0 Å². The van der Waals surface area contributed by atoms with E-state index in [0.717, 1.165) is 122 Å². The maximum atomic E-state index is 12.9. The molecule has 0 bridgehead atoms. The molecule has 0 spiro atoms. The van der Waals surface area contributed by atoms with Crippen LogP contribution in [0.25, 0.3) is 0 Å². The van der Waals surface area contributed by atoms with Crippen LogP contribution in [0.5, 0.6) is 0 Å². The molecule has 0 saturated carbocycles. The highest BCUT2D eigenvalue weighted by molar-refractivity contribution is 5.71. The van der Waals surface area contributed by atoms with Crippen molar-refractivity contribution in [3.8, 4) is 0 Å². The Kier molecular flexibility index (Phi) is 55.5. The summed E-state index contributed by atoms with van der Waals surface area (Å²) in [6, 6.07) is 0. The second kappa shape index (κ2) is 59.6. The van der Waals surface area contributed by atoms with Crippen LogP contribution in [0.15, 0.2) is 158 Å². The molecule has 73 heavy (non-hydrogen) atoms. The van der Waals surface area contributed by atoms with Crippen molar-refractivity contribution < 1.29 is 28.6 Å². The van der Waals surface area contributed by atoms with E-state index in [2.05, 4.69) is 179 Å². The van der Waals surface area contributed by atoms with Gasteiger partial charge in [0.25, 0.3) is 0 Å². The molecular weight excluding hydrogens is 901 g/mol. The average molecular weight is 1010 g/mol. The Hall–Kier alpha value is -4.97. The summed E-state index contributed by atoms with van der Waals surface area (Å²) in [4.78, 5) is 38.2. The molecule has 0 aromatic carbocycles. The van der Waals surface area contributed by atoms with E-state index in [1.165, 1.54) is 51.4 Å². The molecule has 0 aliphatic heterocycles. The van der Waals surface area contributed by atoms with E-state index in [4.69, 9.17) is 14.2 Å². The Morgan fingerprint density at radius 3 is 0.863 bits per heavy atom. The molecule has 0 amide bonds. The minimum atomic E-state index is -0.840. The van der Waals surface area contributed by atoms with Gasteiger partial charge >= 0.3 is 17.9 Å². The van der Waals surface area contributed by atoms with Crippen molar-refractivity contribution in [3.05, 3.63) is 158 Å². The lowest BCUT2D eigenvalue weighted by molar-refractivity contribution is -0.167. The van der Waals surface area contributed by atoms with Crippen LogP contribution in [0.2, 0.25) is 0 Å². The number of carbonyl (C=O) groups excluding carboxylic acids is 3. The lowest BCUT2D eigenvalue weighted by atomic mass is 10.1. The van der Waals surface area contributed by atoms with Crippen LogP contribution in [0, 0.1) is 0 Å². The number of hydrogen-bond donors (Lipinski definition) is 0. The van der Waals surface area contributed by atoms with Gasteiger partial charge in [-0.15, -0.1) is 0 Å². The Bertz CT molecular complexity index is 1670. The molecule has 0 unspecified atom stereocenters. The van der Waals surface area contributed by atoms with Crippen LogP contribution in [-0.2, 0) is 28.6 Å². The third-order valence-electron chi connectivity index (χ3n) is 11.5. The van der Waals surface area contributed by atoms with E-state index in [-0.39, 0.29) is 44.0 Å². The third kappa shape index (κ3) is 57.8. The Labute approximate surface area is 448 Å². The van der Waals surface area contributed by atoms with Gasteiger partial charge in [-0.3, -0.25) is 14.4 Å². The topological polar surface area (TPSA) is 78.9 Å². The predicted molar refractivity (Wildman–Crippen MR) is 315 cm³/mol. The first kappa shape index (κ1) is 68.0. The van der Waals surface area contributed by atoms with Crippen LogP contribution in [-0.4, -0.2) is 37.2 Å². The number of allylic oxidation sites excluding steroid dienone is 26. The summed E-state index contributed by atoms with van der Waals surface area (Å²) in [7, 11) is 0. The summed E-state index contributed by atoms with van der Waals surface area (Å²) in [5.41, 5.74) is 0. The Morgan fingerprint density at radius 2 is 0.548 bits per heavy atom. The van der Waals surface area contributed by atoms with Crippen molar-refractivity contribution in [1.29, 1.82) is 0 Å². The molecule has 0 aliphatic rings. The molecule has 1 atom stereocenters. The van der Waals surface area contributed by atoms with Crippen LogP contribution in [0.3, 0.4) is 0 Å². The molecule has 0 rings (SSSR count). The molecule has 0 radical (unpaired) electrons. The van der Waals surface area contributed by atoms with Crippen LogP contribution in [0.1, 0.15) is 226 Å². The monoisotopic (exact) mass is 1000 g/mol. The predicted octanol–water partition coefficient (Wildman–Crippen LogP) is 19.8. The van der Waals surface area contributed by atoms with Gasteiger partial charge in [-0.25, -0.2) is 0 Å². The van der Waals surface area contributed by atoms with Crippen LogP contribution >= 0.6 is 0 Å². The molecule has 0 fully saturated rings. The molecule has 6 nitrogen and oxygen atoms in total. The third-order valence-corrected chi connectivity index (χ3v) is 11.5. The highest BCUT2D eigenvalue weighted by Gasteiger charge is 2.19. The number of hydrogen-bond acceptors (Lipinski definition) is 6. The Morgan fingerprint density at radius 1 is 0.288 bits per heavy atom. The lowest BCUT2D eigenvalue weighted by Crippen LogP contribution is -2.30. The molecular formula is C67H104O6. The SMILES string of the molecule is CC/C=C\C/C=C\C/C=C\C/C=C\C/C=C\CCCC(=O)OC[C@H](COC(=O)CCCCC/C=C\C/C=C\C/C=C\C/C=C\CCCCC)OC(=O)CCCCC/C=C\C/C=C\C/C=C\C/C=C\CCCCC. The van der Waals surface area contributed by atoms with E-state index in [0.29, 0.717) is 19.3 Å². The average Bonchev–Trinajstić information content (AvgIpc) is 3.39. The summed E-state index contributed by atoms with van der Waals surface area (Å²) in [6.07, 6.45) is 86.6. The molecule has 6 heteroatoms. The van der Waals surface area contributed by atoms with Crippen molar-refractivity contribution in [2.45, 2.75) is 232 Å². The van der Waals surface area contributed by atoms with Crippen molar-refractivity contribution in [2.24, 2.45) is 0 Å². The fourth-order valence-electron chi connectivity index (χ4n) is 7.15. The van der Waals surface area contributed by atoms with E-state index in [1.54, 1.807) is 0 Å². The largest absolute Gasteiger partial charge is 0.462 e. The van der Waals surface area contributed by atoms with Gasteiger partial charge in [0.15, 0.2) is 6.10 Å².